The van der Waals surface area contributed by atoms with Crippen LogP contribution in [0.25, 0.3) is 0 Å². The average molecular weight is 345 g/mol. The third-order valence-electron chi connectivity index (χ3n) is 5.85. The number of carbonyl (C=O) groups excluding carboxylic acids is 1. The summed E-state index contributed by atoms with van der Waals surface area (Å²) < 4.78 is 11.5. The number of rotatable bonds is 4. The summed E-state index contributed by atoms with van der Waals surface area (Å²) in [6.45, 7) is 4.21. The van der Waals surface area contributed by atoms with Crippen LogP contribution in [0.3, 0.4) is 0 Å². The lowest BCUT2D eigenvalue weighted by Gasteiger charge is -2.35. The predicted octanol–water partition coefficient (Wildman–Crippen LogP) is 2.67. The molecule has 1 amide bonds. The zero-order valence-corrected chi connectivity index (χ0v) is 14.9. The zero-order valence-electron chi connectivity index (χ0n) is 14.9. The first kappa shape index (κ1) is 16.8. The first-order chi connectivity index (χ1) is 12.2. The number of hydrogen-bond acceptors (Lipinski definition) is 5. The van der Waals surface area contributed by atoms with Crippen molar-refractivity contribution in [2.75, 3.05) is 19.7 Å². The molecule has 2 aliphatic heterocycles. The van der Waals surface area contributed by atoms with Gasteiger partial charge in [-0.2, -0.15) is 0 Å². The van der Waals surface area contributed by atoms with E-state index in [-0.39, 0.29) is 6.10 Å². The first-order valence-electron chi connectivity index (χ1n) is 9.55. The summed E-state index contributed by atoms with van der Waals surface area (Å²) in [4.78, 5) is 14.7. The molecule has 2 fully saturated rings. The molecule has 0 radical (unpaired) electrons. The number of carbonyl (C=O) groups is 1. The molecule has 1 aromatic heterocycles. The van der Waals surface area contributed by atoms with Gasteiger partial charge in [0.1, 0.15) is 0 Å². The molecule has 3 heterocycles. The monoisotopic (exact) mass is 345 g/mol. The molecule has 2 saturated heterocycles. The fourth-order valence-electron chi connectivity index (χ4n) is 4.49. The highest BCUT2D eigenvalue weighted by atomic mass is 16.5. The van der Waals surface area contributed by atoms with Crippen LogP contribution in [-0.2, 0) is 16.0 Å². The van der Waals surface area contributed by atoms with E-state index in [2.05, 4.69) is 21.2 Å². The largest absolute Gasteiger partial charge is 0.425 e. The van der Waals surface area contributed by atoms with E-state index in [1.54, 1.807) is 6.92 Å². The van der Waals surface area contributed by atoms with Crippen molar-refractivity contribution in [3.05, 3.63) is 23.4 Å². The van der Waals surface area contributed by atoms with Crippen LogP contribution in [0, 0.1) is 18.8 Å². The molecular formula is C19H27N3O3. The van der Waals surface area contributed by atoms with Gasteiger partial charge in [0.15, 0.2) is 0 Å². The third kappa shape index (κ3) is 3.78. The van der Waals surface area contributed by atoms with Gasteiger partial charge in [-0.3, -0.25) is 4.79 Å². The molecule has 0 N–H and O–H groups in total. The van der Waals surface area contributed by atoms with E-state index in [1.165, 1.54) is 18.4 Å². The topological polar surface area (TPSA) is 68.5 Å². The van der Waals surface area contributed by atoms with Gasteiger partial charge in [0, 0.05) is 32.4 Å². The molecule has 0 saturated carbocycles. The molecule has 3 aliphatic rings. The highest BCUT2D eigenvalue weighted by Gasteiger charge is 2.42. The Morgan fingerprint density at radius 1 is 1.36 bits per heavy atom. The molecule has 0 spiro atoms. The number of amides is 1. The van der Waals surface area contributed by atoms with Crippen molar-refractivity contribution in [1.29, 1.82) is 0 Å². The summed E-state index contributed by atoms with van der Waals surface area (Å²) in [6.07, 6.45) is 9.45. The second-order valence-corrected chi connectivity index (χ2v) is 7.63. The van der Waals surface area contributed by atoms with Gasteiger partial charge in [-0.15, -0.1) is 10.2 Å². The summed E-state index contributed by atoms with van der Waals surface area (Å²) in [5, 5.41) is 7.98. The Morgan fingerprint density at radius 3 is 3.04 bits per heavy atom. The molecule has 6 heteroatoms. The van der Waals surface area contributed by atoms with Gasteiger partial charge in [0.25, 0.3) is 0 Å². The Labute approximate surface area is 148 Å². The van der Waals surface area contributed by atoms with E-state index in [9.17, 15) is 4.79 Å². The lowest BCUT2D eigenvalue weighted by Crippen LogP contribution is -2.44. The predicted molar refractivity (Wildman–Crippen MR) is 91.8 cm³/mol. The minimum atomic E-state index is 0.142. The number of aryl methyl sites for hydroxylation is 1. The molecule has 25 heavy (non-hydrogen) atoms. The second-order valence-electron chi connectivity index (χ2n) is 7.63. The molecule has 0 aromatic carbocycles. The maximum atomic E-state index is 12.6. The molecule has 3 atom stereocenters. The fourth-order valence-corrected chi connectivity index (χ4v) is 4.49. The van der Waals surface area contributed by atoms with Gasteiger partial charge < -0.3 is 14.1 Å². The molecule has 4 rings (SSSR count). The average Bonchev–Trinajstić information content (AvgIpc) is 3.22. The quantitative estimate of drug-likeness (QED) is 0.785. The number of ether oxygens (including phenoxy) is 1. The maximum Gasteiger partial charge on any atom is 0.226 e. The number of fused-ring (bicyclic) bond motifs is 1. The lowest BCUT2D eigenvalue weighted by molar-refractivity contribution is -0.132. The number of piperidine rings is 1. The van der Waals surface area contributed by atoms with Gasteiger partial charge in [0.2, 0.25) is 17.7 Å². The minimum absolute atomic E-state index is 0.142. The number of aromatic nitrogens is 2. The minimum Gasteiger partial charge on any atom is -0.425 e. The lowest BCUT2D eigenvalue weighted by atomic mass is 9.83. The Kier molecular flexibility index (Phi) is 4.88. The van der Waals surface area contributed by atoms with Crippen LogP contribution >= 0.6 is 0 Å². The number of allylic oxidation sites excluding steroid dienone is 1. The summed E-state index contributed by atoms with van der Waals surface area (Å²) in [7, 11) is 0. The van der Waals surface area contributed by atoms with Crippen molar-refractivity contribution in [3.63, 3.8) is 0 Å². The summed E-state index contributed by atoms with van der Waals surface area (Å²) in [5.74, 6) is 2.48. The molecule has 1 aromatic rings. The molecule has 0 unspecified atom stereocenters. The van der Waals surface area contributed by atoms with Crippen LogP contribution < -0.4 is 0 Å². The van der Waals surface area contributed by atoms with Crippen molar-refractivity contribution in [3.8, 4) is 0 Å². The van der Waals surface area contributed by atoms with Crippen molar-refractivity contribution >= 4 is 5.91 Å². The SMILES string of the molecule is Cc1nnc(C[C@H]2OC[C@H]3CN(C(=O)CC4=CCCCC4)CC[C@H]32)o1. The third-order valence-corrected chi connectivity index (χ3v) is 5.85. The molecule has 136 valence electrons. The van der Waals surface area contributed by atoms with Gasteiger partial charge in [-0.1, -0.05) is 11.6 Å². The van der Waals surface area contributed by atoms with E-state index in [0.717, 1.165) is 39.0 Å². The second kappa shape index (κ2) is 7.28. The van der Waals surface area contributed by atoms with Crippen LogP contribution in [-0.4, -0.2) is 46.8 Å². The van der Waals surface area contributed by atoms with Crippen LogP contribution in [0.5, 0.6) is 0 Å². The first-order valence-corrected chi connectivity index (χ1v) is 9.55. The van der Waals surface area contributed by atoms with Crippen molar-refractivity contribution in [2.24, 2.45) is 11.8 Å². The molecule has 0 bridgehead atoms. The van der Waals surface area contributed by atoms with E-state index in [0.29, 0.717) is 42.4 Å². The van der Waals surface area contributed by atoms with Crippen LogP contribution in [0.15, 0.2) is 16.1 Å². The Balaban J connectivity index is 1.32. The Bertz CT molecular complexity index is 654. The fraction of sp³-hybridized carbons (Fsp3) is 0.737. The van der Waals surface area contributed by atoms with E-state index >= 15 is 0 Å². The van der Waals surface area contributed by atoms with Crippen molar-refractivity contribution < 1.29 is 13.9 Å². The van der Waals surface area contributed by atoms with E-state index in [1.807, 2.05) is 0 Å². The standard InChI is InChI=1S/C19H27N3O3/c1-13-20-21-18(25-13)10-17-16-7-8-22(11-15(16)12-24-17)19(23)9-14-5-3-2-4-6-14/h5,15-17H,2-4,6-12H2,1H3/t15-,16-,17-/m1/s1. The maximum absolute atomic E-state index is 12.6. The van der Waals surface area contributed by atoms with Gasteiger partial charge in [0.05, 0.1) is 19.1 Å². The zero-order chi connectivity index (χ0) is 17.2. The van der Waals surface area contributed by atoms with Gasteiger partial charge >= 0.3 is 0 Å². The highest BCUT2D eigenvalue weighted by Crippen LogP contribution is 2.36. The normalized spacial score (nSPS) is 29.4. The molecule has 6 nitrogen and oxygen atoms in total. The van der Waals surface area contributed by atoms with E-state index < -0.39 is 0 Å². The smallest absolute Gasteiger partial charge is 0.226 e. The van der Waals surface area contributed by atoms with Crippen LogP contribution in [0.4, 0.5) is 0 Å². The Hall–Kier alpha value is -1.69. The summed E-state index contributed by atoms with van der Waals surface area (Å²) in [6, 6.07) is 0. The number of likely N-dealkylation sites (tertiary alicyclic amines) is 1. The molecular weight excluding hydrogens is 318 g/mol. The van der Waals surface area contributed by atoms with E-state index in [4.69, 9.17) is 9.15 Å². The summed E-state index contributed by atoms with van der Waals surface area (Å²) in [5.41, 5.74) is 1.34. The number of hydrogen-bond donors (Lipinski definition) is 0. The highest BCUT2D eigenvalue weighted by molar-refractivity contribution is 5.78. The van der Waals surface area contributed by atoms with Crippen molar-refractivity contribution in [1.82, 2.24) is 15.1 Å². The van der Waals surface area contributed by atoms with Gasteiger partial charge in [-0.25, -0.2) is 0 Å². The van der Waals surface area contributed by atoms with Crippen LogP contribution in [0.2, 0.25) is 0 Å². The Morgan fingerprint density at radius 2 is 2.28 bits per heavy atom. The summed E-state index contributed by atoms with van der Waals surface area (Å²) >= 11 is 0. The number of nitrogens with zero attached hydrogens (tertiary/aromatic N) is 3. The molecule has 1 aliphatic carbocycles. The van der Waals surface area contributed by atoms with Crippen LogP contribution in [0.1, 0.15) is 50.3 Å². The van der Waals surface area contributed by atoms with Crippen molar-refractivity contribution in [2.45, 2.75) is 58.0 Å². The van der Waals surface area contributed by atoms with Gasteiger partial charge in [-0.05, 0) is 38.0 Å².